The lowest BCUT2D eigenvalue weighted by Crippen LogP contribution is -2.52. The van der Waals surface area contributed by atoms with E-state index in [0.717, 1.165) is 5.56 Å². The maximum atomic E-state index is 12.9. The van der Waals surface area contributed by atoms with E-state index >= 15 is 0 Å². The van der Waals surface area contributed by atoms with E-state index in [0.29, 0.717) is 5.56 Å². The normalized spacial score (nSPS) is 16.0. The number of nitrogens with zero attached hydrogens (tertiary/aromatic N) is 1. The molecule has 0 heterocycles. The van der Waals surface area contributed by atoms with Gasteiger partial charge in [-0.3, -0.25) is 4.79 Å². The van der Waals surface area contributed by atoms with E-state index in [9.17, 15) is 15.0 Å². The lowest BCUT2D eigenvalue weighted by atomic mass is 9.93. The molecule has 140 valence electrons. The summed E-state index contributed by atoms with van der Waals surface area (Å²) in [5, 5.41) is 21.2. The molecule has 5 nitrogen and oxygen atoms in total. The van der Waals surface area contributed by atoms with Gasteiger partial charge in [0.15, 0.2) is 0 Å². The van der Waals surface area contributed by atoms with E-state index < -0.39 is 30.2 Å². The molecule has 2 rings (SSSR count). The summed E-state index contributed by atoms with van der Waals surface area (Å²) < 4.78 is 0. The van der Waals surface area contributed by atoms with Gasteiger partial charge < -0.3 is 20.8 Å². The Kier molecular flexibility index (Phi) is 6.91. The second-order valence-corrected chi connectivity index (χ2v) is 6.92. The molecule has 0 saturated heterocycles. The molecule has 0 bridgehead atoms. The van der Waals surface area contributed by atoms with E-state index in [1.165, 1.54) is 4.90 Å². The summed E-state index contributed by atoms with van der Waals surface area (Å²) in [7, 11) is 1.61. The minimum absolute atomic E-state index is 0.142. The molecule has 1 amide bonds. The first-order valence-electron chi connectivity index (χ1n) is 8.82. The number of rotatable bonds is 7. The van der Waals surface area contributed by atoms with Crippen LogP contribution < -0.4 is 5.73 Å². The molecule has 0 spiro atoms. The van der Waals surface area contributed by atoms with Crippen molar-refractivity contribution in [3.05, 3.63) is 71.8 Å². The first-order chi connectivity index (χ1) is 12.3. The molecule has 0 fully saturated rings. The molecule has 0 aliphatic rings. The Balaban J connectivity index is 2.36. The fourth-order valence-corrected chi connectivity index (χ4v) is 3.03. The van der Waals surface area contributed by atoms with Gasteiger partial charge in [0.2, 0.25) is 5.91 Å². The average molecular weight is 356 g/mol. The Morgan fingerprint density at radius 3 is 1.85 bits per heavy atom. The number of aliphatic hydroxyl groups excluding tert-OH is 2. The largest absolute Gasteiger partial charge is 0.391 e. The van der Waals surface area contributed by atoms with Crippen molar-refractivity contribution in [2.45, 2.75) is 38.1 Å². The van der Waals surface area contributed by atoms with Gasteiger partial charge in [-0.05, 0) is 17.0 Å². The predicted octanol–water partition coefficient (Wildman–Crippen LogP) is 2.26. The predicted molar refractivity (Wildman–Crippen MR) is 102 cm³/mol. The Morgan fingerprint density at radius 2 is 1.38 bits per heavy atom. The molecule has 0 unspecified atom stereocenters. The van der Waals surface area contributed by atoms with Crippen LogP contribution in [-0.2, 0) is 4.79 Å². The van der Waals surface area contributed by atoms with Crippen LogP contribution in [0, 0.1) is 5.92 Å². The van der Waals surface area contributed by atoms with Crippen LogP contribution in [0.15, 0.2) is 60.7 Å². The zero-order chi connectivity index (χ0) is 19.3. The highest BCUT2D eigenvalue weighted by Crippen LogP contribution is 2.33. The molecule has 0 aliphatic carbocycles. The molecular formula is C21H28N2O3. The monoisotopic (exact) mass is 356 g/mol. The smallest absolute Gasteiger partial charge is 0.242 e. The zero-order valence-corrected chi connectivity index (χ0v) is 15.5. The number of carbonyl (C=O) groups is 1. The quantitative estimate of drug-likeness (QED) is 0.710. The maximum Gasteiger partial charge on any atom is 0.242 e. The SMILES string of the molecule is CC(C)[C@@H](O)[C@H](N)C(=O)N(C)[C@H](c1ccccc1)[C@H](O)c1ccccc1. The van der Waals surface area contributed by atoms with Crippen LogP contribution in [0.2, 0.25) is 0 Å². The third kappa shape index (κ3) is 4.49. The Hall–Kier alpha value is -2.21. The number of carbonyl (C=O) groups excluding carboxylic acids is 1. The van der Waals surface area contributed by atoms with Crippen molar-refractivity contribution >= 4 is 5.91 Å². The first-order valence-corrected chi connectivity index (χ1v) is 8.82. The molecule has 2 aromatic carbocycles. The van der Waals surface area contributed by atoms with Crippen molar-refractivity contribution < 1.29 is 15.0 Å². The number of aliphatic hydroxyl groups is 2. The molecule has 4 N–H and O–H groups in total. The number of likely N-dealkylation sites (N-methyl/N-ethyl adjacent to an activating group) is 1. The molecule has 4 atom stereocenters. The minimum Gasteiger partial charge on any atom is -0.391 e. The van der Waals surface area contributed by atoms with Crippen LogP contribution in [-0.4, -0.2) is 40.2 Å². The van der Waals surface area contributed by atoms with Gasteiger partial charge in [-0.25, -0.2) is 0 Å². The van der Waals surface area contributed by atoms with Crippen molar-refractivity contribution in [2.75, 3.05) is 7.05 Å². The highest BCUT2D eigenvalue weighted by molar-refractivity contribution is 5.82. The Labute approximate surface area is 155 Å². The van der Waals surface area contributed by atoms with Gasteiger partial charge in [-0.2, -0.15) is 0 Å². The third-order valence-electron chi connectivity index (χ3n) is 4.68. The molecule has 0 aliphatic heterocycles. The number of hydrogen-bond acceptors (Lipinski definition) is 4. The summed E-state index contributed by atoms with van der Waals surface area (Å²) in [4.78, 5) is 14.3. The van der Waals surface area contributed by atoms with Crippen LogP contribution in [0.3, 0.4) is 0 Å². The number of hydrogen-bond donors (Lipinski definition) is 3. The first kappa shape index (κ1) is 20.1. The molecule has 26 heavy (non-hydrogen) atoms. The van der Waals surface area contributed by atoms with Crippen LogP contribution in [0.1, 0.15) is 37.1 Å². The van der Waals surface area contributed by atoms with E-state index in [2.05, 4.69) is 0 Å². The number of amides is 1. The summed E-state index contributed by atoms with van der Waals surface area (Å²) in [6.45, 7) is 3.62. The molecule has 0 radical (unpaired) electrons. The average Bonchev–Trinajstić information content (AvgIpc) is 2.67. The summed E-state index contributed by atoms with van der Waals surface area (Å²) in [6, 6.07) is 16.9. The Morgan fingerprint density at radius 1 is 0.923 bits per heavy atom. The summed E-state index contributed by atoms with van der Waals surface area (Å²) in [5.74, 6) is -0.549. The van der Waals surface area contributed by atoms with Gasteiger partial charge in [-0.15, -0.1) is 0 Å². The van der Waals surface area contributed by atoms with Crippen molar-refractivity contribution in [2.24, 2.45) is 11.7 Å². The molecule has 0 saturated carbocycles. The fourth-order valence-electron chi connectivity index (χ4n) is 3.03. The van der Waals surface area contributed by atoms with Crippen molar-refractivity contribution in [1.82, 2.24) is 4.90 Å². The second kappa shape index (κ2) is 8.94. The molecule has 5 heteroatoms. The molecule has 0 aromatic heterocycles. The van der Waals surface area contributed by atoms with Crippen LogP contribution in [0.5, 0.6) is 0 Å². The maximum absolute atomic E-state index is 12.9. The van der Waals surface area contributed by atoms with E-state index in [1.54, 1.807) is 7.05 Å². The van der Waals surface area contributed by atoms with E-state index in [1.807, 2.05) is 74.5 Å². The lowest BCUT2D eigenvalue weighted by Gasteiger charge is -2.35. The number of nitrogens with two attached hydrogens (primary N) is 1. The van der Waals surface area contributed by atoms with Gasteiger partial charge >= 0.3 is 0 Å². The third-order valence-corrected chi connectivity index (χ3v) is 4.68. The summed E-state index contributed by atoms with van der Waals surface area (Å²) in [6.07, 6.45) is -1.87. The topological polar surface area (TPSA) is 86.8 Å². The second-order valence-electron chi connectivity index (χ2n) is 6.92. The Bertz CT molecular complexity index is 691. The van der Waals surface area contributed by atoms with Crippen LogP contribution >= 0.6 is 0 Å². The van der Waals surface area contributed by atoms with Gasteiger partial charge in [0, 0.05) is 7.05 Å². The highest BCUT2D eigenvalue weighted by atomic mass is 16.3. The van der Waals surface area contributed by atoms with Crippen molar-refractivity contribution in [1.29, 1.82) is 0 Å². The summed E-state index contributed by atoms with van der Waals surface area (Å²) in [5.41, 5.74) is 7.50. The zero-order valence-electron chi connectivity index (χ0n) is 15.5. The van der Waals surface area contributed by atoms with Gasteiger partial charge in [-0.1, -0.05) is 74.5 Å². The van der Waals surface area contributed by atoms with E-state index in [-0.39, 0.29) is 5.92 Å². The van der Waals surface area contributed by atoms with Gasteiger partial charge in [0.05, 0.1) is 12.1 Å². The van der Waals surface area contributed by atoms with Crippen molar-refractivity contribution in [3.8, 4) is 0 Å². The molecular weight excluding hydrogens is 328 g/mol. The van der Waals surface area contributed by atoms with Crippen molar-refractivity contribution in [3.63, 3.8) is 0 Å². The molecule has 2 aromatic rings. The fraction of sp³-hybridized carbons (Fsp3) is 0.381. The standard InChI is InChI=1S/C21H28N2O3/c1-14(2)19(24)17(22)21(26)23(3)18(15-10-6-4-7-11-15)20(25)16-12-8-5-9-13-16/h4-14,17-20,24-25H,22H2,1-3H3/t17-,18+,19+,20+/m0/s1. The van der Waals surface area contributed by atoms with Gasteiger partial charge in [0.1, 0.15) is 12.1 Å². The highest BCUT2D eigenvalue weighted by Gasteiger charge is 2.34. The number of benzene rings is 2. The van der Waals surface area contributed by atoms with Crippen LogP contribution in [0.4, 0.5) is 0 Å². The van der Waals surface area contributed by atoms with E-state index in [4.69, 9.17) is 5.73 Å². The van der Waals surface area contributed by atoms with Gasteiger partial charge in [0.25, 0.3) is 0 Å². The van der Waals surface area contributed by atoms with Crippen LogP contribution in [0.25, 0.3) is 0 Å². The summed E-state index contributed by atoms with van der Waals surface area (Å²) >= 11 is 0. The lowest BCUT2D eigenvalue weighted by molar-refractivity contribution is -0.139. The minimum atomic E-state index is -1.05.